The van der Waals surface area contributed by atoms with Gasteiger partial charge < -0.3 is 9.84 Å². The van der Waals surface area contributed by atoms with Crippen molar-refractivity contribution < 1.29 is 9.32 Å². The van der Waals surface area contributed by atoms with E-state index in [2.05, 4.69) is 15.6 Å². The quantitative estimate of drug-likeness (QED) is 0.853. The Morgan fingerprint density at radius 3 is 2.89 bits per heavy atom. The Hall–Kier alpha value is -2.44. The molecule has 7 nitrogen and oxygen atoms in total. The molecule has 0 atom stereocenters. The van der Waals surface area contributed by atoms with Gasteiger partial charge in [0.1, 0.15) is 12.3 Å². The molecule has 0 saturated heterocycles. The molecule has 2 aromatic heterocycles. The molecule has 2 rings (SSSR count). The fraction of sp³-hybridized carbons (Fsp3) is 0.273. The maximum absolute atomic E-state index is 11.7. The zero-order valence-electron chi connectivity index (χ0n) is 10.0. The summed E-state index contributed by atoms with van der Waals surface area (Å²) in [6.07, 6.45) is 0. The number of nitrogens with zero attached hydrogens (tertiary/aromatic N) is 3. The number of rotatable bonds is 3. The molecule has 0 aromatic carbocycles. The second kappa shape index (κ2) is 4.82. The first-order chi connectivity index (χ1) is 8.54. The first kappa shape index (κ1) is 12.0. The van der Waals surface area contributed by atoms with E-state index in [1.54, 1.807) is 26.0 Å². The van der Waals surface area contributed by atoms with Crippen molar-refractivity contribution in [3.63, 3.8) is 0 Å². The third-order valence-electron chi connectivity index (χ3n) is 2.19. The summed E-state index contributed by atoms with van der Waals surface area (Å²) in [5.41, 5.74) is 0.340. The minimum absolute atomic E-state index is 0.160. The summed E-state index contributed by atoms with van der Waals surface area (Å²) >= 11 is 0. The Morgan fingerprint density at radius 1 is 1.44 bits per heavy atom. The van der Waals surface area contributed by atoms with Crippen molar-refractivity contribution in [2.75, 3.05) is 5.32 Å². The highest BCUT2D eigenvalue weighted by molar-refractivity contribution is 5.89. The molecule has 1 N–H and O–H groups in total. The highest BCUT2D eigenvalue weighted by Crippen LogP contribution is 2.06. The van der Waals surface area contributed by atoms with E-state index in [-0.39, 0.29) is 18.0 Å². The van der Waals surface area contributed by atoms with Gasteiger partial charge in [0.15, 0.2) is 5.82 Å². The summed E-state index contributed by atoms with van der Waals surface area (Å²) in [7, 11) is 0. The smallest absolute Gasteiger partial charge is 0.267 e. The van der Waals surface area contributed by atoms with Crippen LogP contribution in [0.5, 0.6) is 0 Å². The van der Waals surface area contributed by atoms with Gasteiger partial charge in [0.05, 0.1) is 5.69 Å². The Labute approximate surface area is 102 Å². The average Bonchev–Trinajstić information content (AvgIpc) is 2.69. The van der Waals surface area contributed by atoms with E-state index in [1.807, 2.05) is 0 Å². The van der Waals surface area contributed by atoms with Crippen molar-refractivity contribution in [2.24, 2.45) is 0 Å². The number of carbonyl (C=O) groups is 1. The lowest BCUT2D eigenvalue weighted by Gasteiger charge is -2.04. The molecule has 7 heteroatoms. The largest absolute Gasteiger partial charge is 0.360 e. The van der Waals surface area contributed by atoms with Gasteiger partial charge in [-0.3, -0.25) is 9.59 Å². The molecule has 0 bridgehead atoms. The summed E-state index contributed by atoms with van der Waals surface area (Å²) in [6, 6.07) is 4.55. The van der Waals surface area contributed by atoms with Crippen LogP contribution in [0.15, 0.2) is 27.5 Å². The predicted octanol–water partition coefficient (Wildman–Crippen LogP) is 0.487. The van der Waals surface area contributed by atoms with Gasteiger partial charge in [0.2, 0.25) is 5.91 Å². The van der Waals surface area contributed by atoms with Gasteiger partial charge in [-0.1, -0.05) is 5.16 Å². The van der Waals surface area contributed by atoms with Crippen LogP contribution in [0.3, 0.4) is 0 Å². The number of nitrogens with one attached hydrogen (secondary N) is 1. The first-order valence-electron chi connectivity index (χ1n) is 5.32. The fourth-order valence-corrected chi connectivity index (χ4v) is 1.41. The lowest BCUT2D eigenvalue weighted by Crippen LogP contribution is -2.29. The normalized spacial score (nSPS) is 10.3. The molecule has 0 fully saturated rings. The lowest BCUT2D eigenvalue weighted by molar-refractivity contribution is -0.117. The molecule has 0 spiro atoms. The lowest BCUT2D eigenvalue weighted by atomic mass is 10.4. The second-order valence-corrected chi connectivity index (χ2v) is 3.84. The molecule has 2 aromatic rings. The van der Waals surface area contributed by atoms with Gasteiger partial charge >= 0.3 is 0 Å². The van der Waals surface area contributed by atoms with Crippen molar-refractivity contribution in [1.82, 2.24) is 14.9 Å². The van der Waals surface area contributed by atoms with E-state index in [0.717, 1.165) is 4.68 Å². The fourth-order valence-electron chi connectivity index (χ4n) is 1.41. The van der Waals surface area contributed by atoms with E-state index in [0.29, 0.717) is 17.3 Å². The van der Waals surface area contributed by atoms with Gasteiger partial charge in [-0.2, -0.15) is 5.10 Å². The zero-order valence-corrected chi connectivity index (χ0v) is 10.0. The molecule has 0 aliphatic rings. The predicted molar refractivity (Wildman–Crippen MR) is 63.1 cm³/mol. The van der Waals surface area contributed by atoms with E-state index in [9.17, 15) is 9.59 Å². The van der Waals surface area contributed by atoms with E-state index < -0.39 is 0 Å². The molecule has 0 aliphatic carbocycles. The molecular weight excluding hydrogens is 236 g/mol. The number of aromatic nitrogens is 3. The number of hydrogen-bond acceptors (Lipinski definition) is 5. The zero-order chi connectivity index (χ0) is 13.1. The van der Waals surface area contributed by atoms with Crippen LogP contribution in [-0.2, 0) is 11.3 Å². The van der Waals surface area contributed by atoms with Crippen LogP contribution in [0.1, 0.15) is 11.5 Å². The van der Waals surface area contributed by atoms with Gasteiger partial charge in [-0.05, 0) is 19.9 Å². The number of aryl methyl sites for hydroxylation is 2. The molecule has 0 aliphatic heterocycles. The molecule has 0 saturated carbocycles. The Kier molecular flexibility index (Phi) is 3.22. The first-order valence-corrected chi connectivity index (χ1v) is 5.32. The highest BCUT2D eigenvalue weighted by atomic mass is 16.5. The number of hydrogen-bond donors (Lipinski definition) is 1. The summed E-state index contributed by atoms with van der Waals surface area (Å²) in [6.45, 7) is 3.30. The van der Waals surface area contributed by atoms with Gasteiger partial charge in [0.25, 0.3) is 5.56 Å². The van der Waals surface area contributed by atoms with Crippen molar-refractivity contribution in [1.29, 1.82) is 0 Å². The molecule has 18 heavy (non-hydrogen) atoms. The highest BCUT2D eigenvalue weighted by Gasteiger charge is 2.08. The summed E-state index contributed by atoms with van der Waals surface area (Å²) in [4.78, 5) is 23.1. The molecule has 0 radical (unpaired) electrons. The minimum Gasteiger partial charge on any atom is -0.360 e. The molecule has 0 unspecified atom stereocenters. The van der Waals surface area contributed by atoms with Crippen LogP contribution < -0.4 is 10.9 Å². The van der Waals surface area contributed by atoms with Crippen molar-refractivity contribution in [2.45, 2.75) is 20.4 Å². The van der Waals surface area contributed by atoms with E-state index in [4.69, 9.17) is 4.52 Å². The molecular formula is C11H12N4O3. The minimum atomic E-state index is -0.386. The SMILES string of the molecule is Cc1ccc(=O)n(CC(=O)Nc2cc(C)on2)n1. The van der Waals surface area contributed by atoms with Gasteiger partial charge in [0, 0.05) is 12.1 Å². The third-order valence-corrected chi connectivity index (χ3v) is 2.19. The Balaban J connectivity index is 2.07. The second-order valence-electron chi connectivity index (χ2n) is 3.84. The van der Waals surface area contributed by atoms with Crippen LogP contribution in [0.2, 0.25) is 0 Å². The summed E-state index contributed by atoms with van der Waals surface area (Å²) in [5, 5.41) is 10.1. The number of amides is 1. The van der Waals surface area contributed by atoms with Crippen LogP contribution in [-0.4, -0.2) is 20.8 Å². The van der Waals surface area contributed by atoms with Crippen LogP contribution in [0.25, 0.3) is 0 Å². The summed E-state index contributed by atoms with van der Waals surface area (Å²) in [5.74, 6) is 0.526. The van der Waals surface area contributed by atoms with Gasteiger partial charge in [-0.25, -0.2) is 4.68 Å². The third kappa shape index (κ3) is 2.82. The number of anilines is 1. The van der Waals surface area contributed by atoms with Crippen molar-refractivity contribution in [3.05, 3.63) is 40.0 Å². The van der Waals surface area contributed by atoms with Crippen LogP contribution in [0, 0.1) is 13.8 Å². The van der Waals surface area contributed by atoms with Gasteiger partial charge in [-0.15, -0.1) is 0 Å². The number of carbonyl (C=O) groups excluding carboxylic acids is 1. The Morgan fingerprint density at radius 2 is 2.22 bits per heavy atom. The van der Waals surface area contributed by atoms with E-state index >= 15 is 0 Å². The standard InChI is InChI=1S/C11H12N4O3/c1-7-3-4-11(17)15(13-7)6-10(16)12-9-5-8(2)18-14-9/h3-5H,6H2,1-2H3,(H,12,14,16). The van der Waals surface area contributed by atoms with Crippen LogP contribution >= 0.6 is 0 Å². The van der Waals surface area contributed by atoms with Crippen molar-refractivity contribution >= 4 is 11.7 Å². The maximum atomic E-state index is 11.7. The average molecular weight is 248 g/mol. The molecule has 1 amide bonds. The maximum Gasteiger partial charge on any atom is 0.267 e. The molecule has 2 heterocycles. The van der Waals surface area contributed by atoms with E-state index in [1.165, 1.54) is 6.07 Å². The van der Waals surface area contributed by atoms with Crippen molar-refractivity contribution in [3.8, 4) is 0 Å². The van der Waals surface area contributed by atoms with Crippen LogP contribution in [0.4, 0.5) is 5.82 Å². The topological polar surface area (TPSA) is 90.0 Å². The Bertz CT molecular complexity index is 629. The molecule has 94 valence electrons. The monoisotopic (exact) mass is 248 g/mol. The summed E-state index contributed by atoms with van der Waals surface area (Å²) < 4.78 is 5.90.